The fourth-order valence-electron chi connectivity index (χ4n) is 0. The Kier molecular flexibility index (Phi) is 218000. The largest absolute Gasteiger partial charge is 3.00 e. The van der Waals surface area contributed by atoms with Crippen LogP contribution in [-0.2, 0) is 383 Å². The van der Waals surface area contributed by atoms with Crippen LogP contribution in [0.3, 0.4) is 0 Å². The van der Waals surface area contributed by atoms with Gasteiger partial charge in [-0.1, -0.05) is 0 Å². The molecule has 0 aromatic heterocycles. The Hall–Kier alpha value is 23.8. The van der Waals surface area contributed by atoms with Gasteiger partial charge in [-0.25, -0.2) is 0 Å². The molecule has 0 aliphatic heterocycles. The quantitative estimate of drug-likeness (QED) is 0.204. The van der Waals surface area contributed by atoms with E-state index in [0.717, 1.165) is 0 Å². The maximum atomic E-state index is 0. The van der Waals surface area contributed by atoms with Gasteiger partial charge in [0.2, 0.25) is 0 Å². The van der Waals surface area contributed by atoms with Gasteiger partial charge in [0.25, 0.3) is 0 Å². The summed E-state index contributed by atoms with van der Waals surface area (Å²) in [4.78, 5) is 0. The summed E-state index contributed by atoms with van der Waals surface area (Å²) in [6.07, 6.45) is 0. The smallest absolute Gasteiger partial charge is 2.00 e. The maximum absolute atomic E-state index is 0. The third-order valence-corrected chi connectivity index (χ3v) is 0. The van der Waals surface area contributed by atoms with Crippen molar-refractivity contribution in [1.29, 1.82) is 0 Å². The molecular formula is Al50O70+10. The monoisotopic (exact) mass is 2470 g/mol. The van der Waals surface area contributed by atoms with E-state index >= 15 is 0 Å². The van der Waals surface area contributed by atoms with Gasteiger partial charge in [-0.05, 0) is 0 Å². The van der Waals surface area contributed by atoms with Gasteiger partial charge >= 0.3 is 868 Å². The molecule has 70 nitrogen and oxygen atoms in total. The van der Waals surface area contributed by atoms with Gasteiger partial charge in [-0.2, -0.15) is 0 Å². The molecule has 0 saturated heterocycles. The van der Waals surface area contributed by atoms with Crippen molar-refractivity contribution in [2.45, 2.75) is 0 Å². The minimum atomic E-state index is 0. The average Bonchev–Trinajstić information content (AvgIpc) is 0. The molecule has 0 saturated carbocycles. The molecule has 0 N–H and O–H groups in total. The molecule has 0 amide bonds. The van der Waals surface area contributed by atoms with Crippen molar-refractivity contribution in [3.8, 4) is 0 Å². The molecule has 0 atom stereocenters. The molecule has 0 spiro atoms. The summed E-state index contributed by atoms with van der Waals surface area (Å²) in [5.74, 6) is 0. The Bertz CT molecular complexity index is 118. The van der Waals surface area contributed by atoms with E-state index in [1.54, 1.807) is 0 Å². The van der Waals surface area contributed by atoms with Crippen LogP contribution in [0.5, 0.6) is 0 Å². The van der Waals surface area contributed by atoms with E-state index in [4.69, 9.17) is 0 Å². The van der Waals surface area contributed by atoms with Gasteiger partial charge in [0.1, 0.15) is 0 Å². The standard InChI is InChI=1S/50Al.70O/q50*+3;70*-2. The normalized spacial score (nSPS) is 0. The molecule has 120 heavy (non-hydrogen) atoms. The van der Waals surface area contributed by atoms with Crippen molar-refractivity contribution in [3.05, 3.63) is 0 Å². The number of hydrogen-bond acceptors (Lipinski definition) is 0. The molecule has 0 heterocycles. The summed E-state index contributed by atoms with van der Waals surface area (Å²) in [6.45, 7) is 0. The van der Waals surface area contributed by atoms with E-state index in [1.807, 2.05) is 0 Å². The predicted octanol–water partition coefficient (Wildman–Crippen LogP) is -27.4. The second kappa shape index (κ2) is 5060. The molecular weight excluding hydrogens is 2470 g/mol. The average molecular weight is 2470 g/mol. The van der Waals surface area contributed by atoms with Crippen LogP contribution in [0.25, 0.3) is 0 Å². The Morgan fingerprint density at radius 1 is 0.0167 bits per heavy atom. The first kappa shape index (κ1) is 5170. The molecule has 0 radical (unpaired) electrons. The van der Waals surface area contributed by atoms with Crippen LogP contribution in [0.15, 0.2) is 0 Å². The van der Waals surface area contributed by atoms with Crippen molar-refractivity contribution < 1.29 is 383 Å². The molecule has 0 rings (SSSR count). The fourth-order valence-corrected chi connectivity index (χ4v) is 0. The third-order valence-electron chi connectivity index (χ3n) is 0. The zero-order valence-electron chi connectivity index (χ0n) is 57.4. The van der Waals surface area contributed by atoms with Gasteiger partial charge in [0, 0.05) is 0 Å². The summed E-state index contributed by atoms with van der Waals surface area (Å²) in [6, 6.07) is 0. The van der Waals surface area contributed by atoms with Gasteiger partial charge in [-0.15, -0.1) is 0 Å². The van der Waals surface area contributed by atoms with Crippen LogP contribution in [0.1, 0.15) is 0 Å². The Morgan fingerprint density at radius 3 is 0.0167 bits per heavy atom. The molecule has 0 aliphatic rings. The number of hydrogen-bond donors (Lipinski definition) is 0. The van der Waals surface area contributed by atoms with Crippen LogP contribution < -0.4 is 0 Å². The molecule has 0 aromatic rings. The minimum Gasteiger partial charge on any atom is -2.00 e. The second-order valence-corrected chi connectivity index (χ2v) is 0. The van der Waals surface area contributed by atoms with Gasteiger partial charge in [0.15, 0.2) is 0 Å². The van der Waals surface area contributed by atoms with E-state index in [-0.39, 0.29) is 1250 Å². The number of rotatable bonds is 0. The van der Waals surface area contributed by atoms with Gasteiger partial charge in [-0.3, -0.25) is 0 Å². The van der Waals surface area contributed by atoms with E-state index < -0.39 is 0 Å². The Balaban J connectivity index is 0. The molecule has 0 bridgehead atoms. The second-order valence-electron chi connectivity index (χ2n) is 0. The van der Waals surface area contributed by atoms with E-state index in [9.17, 15) is 0 Å². The summed E-state index contributed by atoms with van der Waals surface area (Å²) >= 11 is 0. The zero-order chi connectivity index (χ0) is 0. The van der Waals surface area contributed by atoms with Crippen molar-refractivity contribution >= 4 is 868 Å². The first-order chi connectivity index (χ1) is 0. The first-order valence-corrected chi connectivity index (χ1v) is 0. The molecule has 120 heteroatoms. The van der Waals surface area contributed by atoms with Crippen LogP contribution >= 0.6 is 0 Å². The zero-order valence-corrected chi connectivity index (χ0v) is 115. The predicted molar refractivity (Wildman–Crippen MR) is 336 cm³/mol. The van der Waals surface area contributed by atoms with Crippen molar-refractivity contribution in [3.63, 3.8) is 0 Å². The van der Waals surface area contributed by atoms with Crippen molar-refractivity contribution in [1.82, 2.24) is 0 Å². The van der Waals surface area contributed by atoms with Crippen LogP contribution in [0, 0.1) is 0 Å². The summed E-state index contributed by atoms with van der Waals surface area (Å²) < 4.78 is 0. The van der Waals surface area contributed by atoms with E-state index in [1.165, 1.54) is 0 Å². The molecule has 0 aliphatic carbocycles. The Labute approximate surface area is 1230 Å². The van der Waals surface area contributed by atoms with E-state index in [2.05, 4.69) is 0 Å². The molecule has 0 aromatic carbocycles. The van der Waals surface area contributed by atoms with E-state index in [0.29, 0.717) is 0 Å². The Morgan fingerprint density at radius 2 is 0.0167 bits per heavy atom. The third kappa shape index (κ3) is 4960. The van der Waals surface area contributed by atoms with Gasteiger partial charge in [0.05, 0.1) is 0 Å². The van der Waals surface area contributed by atoms with Crippen LogP contribution in [0.2, 0.25) is 0 Å². The van der Waals surface area contributed by atoms with Crippen LogP contribution in [0.4, 0.5) is 0 Å². The van der Waals surface area contributed by atoms with Crippen LogP contribution in [-0.4, -0.2) is 868 Å². The SMILES string of the molecule is [Al+3].[Al+3].[Al+3].[Al+3].[Al+3].[Al+3].[Al+3].[Al+3].[Al+3].[Al+3].[Al+3].[Al+3].[Al+3].[Al+3].[Al+3].[Al+3].[Al+3].[Al+3].[Al+3].[Al+3].[Al+3].[Al+3].[Al+3].[Al+3].[Al+3].[Al+3].[Al+3].[Al+3].[Al+3].[Al+3].[Al+3].[Al+3].[Al+3].[Al+3].[Al+3].[Al+3].[Al+3].[Al+3].[Al+3].[Al+3].[Al+3].[Al+3].[Al+3].[Al+3].[Al+3].[Al+3].[Al+3].[Al+3].[Al+3].[Al+3].[O-2].[O-2].[O-2].[O-2].[O-2].[O-2].[O-2].[O-2].[O-2].[O-2].[O-2].[O-2].[O-2].[O-2].[O-2].[O-2].[O-2].[O-2].[O-2].[O-2].[O-2].[O-2].[O-2].[O-2].[O-2].[O-2].[O-2].[O-2].[O-2].[O-2].[O-2].[O-2].[O-2].[O-2].[O-2].[O-2].[O-2].[O-2].[O-2].[O-2].[O-2].[O-2].[O-2].[O-2].[O-2].[O-2].[O-2].[O-2].[O-2].[O-2].[O-2].[O-2].[O-2].[O-2].[O-2].[O-2].[O-2].[O-2].[O-2].[O-2].[O-2].[O-2].[O-2].[O-2].[O-2].[O-2].[O-2].[O-2].[O-2].[O-2]. The molecule has 560 valence electrons. The molecule has 0 unspecified atom stereocenters. The first-order valence-electron chi connectivity index (χ1n) is 0. The fraction of sp³-hybridized carbons (Fsp3) is 0. The molecule has 0 fully saturated rings. The summed E-state index contributed by atoms with van der Waals surface area (Å²) in [7, 11) is 0. The topological polar surface area (TPSA) is 2000 Å². The summed E-state index contributed by atoms with van der Waals surface area (Å²) in [5, 5.41) is 0. The summed E-state index contributed by atoms with van der Waals surface area (Å²) in [5.41, 5.74) is 0. The van der Waals surface area contributed by atoms with Crippen molar-refractivity contribution in [2.75, 3.05) is 0 Å². The van der Waals surface area contributed by atoms with Gasteiger partial charge < -0.3 is 383 Å². The minimum absolute atomic E-state index is 0. The maximum Gasteiger partial charge on any atom is 3.00 e. The van der Waals surface area contributed by atoms with Crippen molar-refractivity contribution in [2.24, 2.45) is 0 Å².